The largest absolute Gasteiger partial charge is 0.497 e. The summed E-state index contributed by atoms with van der Waals surface area (Å²) in [6.45, 7) is 4.57. The molecule has 0 aliphatic carbocycles. The summed E-state index contributed by atoms with van der Waals surface area (Å²) in [5, 5.41) is 2.76. The highest BCUT2D eigenvalue weighted by Gasteiger charge is 2.17. The summed E-state index contributed by atoms with van der Waals surface area (Å²) in [4.78, 5) is 26.3. The molecule has 0 saturated carbocycles. The number of nitrogens with zero attached hydrogens (tertiary/aromatic N) is 1. The summed E-state index contributed by atoms with van der Waals surface area (Å²) in [5.74, 6) is 1.55. The van der Waals surface area contributed by atoms with E-state index in [0.29, 0.717) is 41.0 Å². The van der Waals surface area contributed by atoms with Gasteiger partial charge in [0.05, 0.1) is 27.4 Å². The van der Waals surface area contributed by atoms with Crippen molar-refractivity contribution in [2.75, 3.05) is 39.7 Å². The first-order chi connectivity index (χ1) is 13.8. The number of hydrogen-bond donors (Lipinski definition) is 1. The molecule has 0 unspecified atom stereocenters. The zero-order valence-corrected chi connectivity index (χ0v) is 17.5. The molecule has 2 aromatic carbocycles. The predicted octanol–water partition coefficient (Wildman–Crippen LogP) is 3.45. The van der Waals surface area contributed by atoms with Crippen molar-refractivity contribution < 1.29 is 23.8 Å². The van der Waals surface area contributed by atoms with Gasteiger partial charge in [-0.1, -0.05) is 13.8 Å². The first-order valence-corrected chi connectivity index (χ1v) is 9.34. The van der Waals surface area contributed by atoms with Gasteiger partial charge in [0.15, 0.2) is 11.5 Å². The number of anilines is 1. The van der Waals surface area contributed by atoms with Crippen LogP contribution < -0.4 is 19.5 Å². The second-order valence-electron chi connectivity index (χ2n) is 7.01. The van der Waals surface area contributed by atoms with Crippen molar-refractivity contribution >= 4 is 17.5 Å². The molecule has 0 bridgehead atoms. The fourth-order valence-corrected chi connectivity index (χ4v) is 2.56. The van der Waals surface area contributed by atoms with Crippen LogP contribution in [-0.4, -0.2) is 51.1 Å². The van der Waals surface area contributed by atoms with Crippen LogP contribution in [0.2, 0.25) is 0 Å². The van der Waals surface area contributed by atoms with Crippen LogP contribution in [0.1, 0.15) is 24.2 Å². The van der Waals surface area contributed by atoms with Gasteiger partial charge < -0.3 is 24.4 Å². The number of rotatable bonds is 9. The maximum atomic E-state index is 12.7. The summed E-state index contributed by atoms with van der Waals surface area (Å²) < 4.78 is 16.1. The molecule has 2 aromatic rings. The van der Waals surface area contributed by atoms with E-state index in [1.807, 2.05) is 0 Å². The van der Waals surface area contributed by atoms with E-state index in [1.54, 1.807) is 56.6 Å². The topological polar surface area (TPSA) is 77.1 Å². The standard InChI is InChI=1S/C22H28N2O5/c1-15(2)14-29-19-11-6-16(12-20(19)28-5)22(26)24(3)13-21(25)23-17-7-9-18(27-4)10-8-17/h6-12,15H,13-14H2,1-5H3,(H,23,25). The monoisotopic (exact) mass is 400 g/mol. The van der Waals surface area contributed by atoms with Crippen molar-refractivity contribution in [2.45, 2.75) is 13.8 Å². The van der Waals surface area contributed by atoms with E-state index < -0.39 is 0 Å². The van der Waals surface area contributed by atoms with Gasteiger partial charge >= 0.3 is 0 Å². The lowest BCUT2D eigenvalue weighted by Crippen LogP contribution is -2.34. The minimum absolute atomic E-state index is 0.0845. The van der Waals surface area contributed by atoms with Crippen LogP contribution in [0.25, 0.3) is 0 Å². The Kier molecular flexibility index (Phi) is 7.88. The third kappa shape index (κ3) is 6.41. The van der Waals surface area contributed by atoms with Crippen LogP contribution in [0.15, 0.2) is 42.5 Å². The molecule has 0 aliphatic rings. The average Bonchev–Trinajstić information content (AvgIpc) is 2.71. The Bertz CT molecular complexity index is 834. The van der Waals surface area contributed by atoms with Crippen LogP contribution in [0.5, 0.6) is 17.2 Å². The molecule has 7 nitrogen and oxygen atoms in total. The maximum absolute atomic E-state index is 12.7. The highest BCUT2D eigenvalue weighted by Crippen LogP contribution is 2.29. The van der Waals surface area contributed by atoms with Crippen LogP contribution >= 0.6 is 0 Å². The quantitative estimate of drug-likeness (QED) is 0.698. The Morgan fingerprint density at radius 1 is 1.00 bits per heavy atom. The second-order valence-corrected chi connectivity index (χ2v) is 7.01. The van der Waals surface area contributed by atoms with Gasteiger partial charge in [-0.15, -0.1) is 0 Å². The fourth-order valence-electron chi connectivity index (χ4n) is 2.56. The van der Waals surface area contributed by atoms with Crippen molar-refractivity contribution in [2.24, 2.45) is 5.92 Å². The summed E-state index contributed by atoms with van der Waals surface area (Å²) in [7, 11) is 4.68. The van der Waals surface area contributed by atoms with Gasteiger partial charge in [-0.3, -0.25) is 9.59 Å². The van der Waals surface area contributed by atoms with Crippen LogP contribution in [-0.2, 0) is 4.79 Å². The number of amides is 2. The van der Waals surface area contributed by atoms with Gasteiger partial charge in [0.25, 0.3) is 5.91 Å². The van der Waals surface area contributed by atoms with E-state index in [0.717, 1.165) is 0 Å². The lowest BCUT2D eigenvalue weighted by molar-refractivity contribution is -0.116. The SMILES string of the molecule is COc1ccc(NC(=O)CN(C)C(=O)c2ccc(OCC(C)C)c(OC)c2)cc1. The number of nitrogens with one attached hydrogen (secondary N) is 1. The van der Waals surface area contributed by atoms with E-state index in [4.69, 9.17) is 14.2 Å². The molecular weight excluding hydrogens is 372 g/mol. The molecule has 2 amide bonds. The zero-order chi connectivity index (χ0) is 21.4. The summed E-state index contributed by atoms with van der Waals surface area (Å²) in [5.41, 5.74) is 1.04. The van der Waals surface area contributed by atoms with Gasteiger partial charge in [0.1, 0.15) is 5.75 Å². The van der Waals surface area contributed by atoms with Crippen LogP contribution in [0, 0.1) is 5.92 Å². The highest BCUT2D eigenvalue weighted by atomic mass is 16.5. The average molecular weight is 400 g/mol. The lowest BCUT2D eigenvalue weighted by atomic mass is 10.1. The van der Waals surface area contributed by atoms with E-state index in [2.05, 4.69) is 19.2 Å². The number of hydrogen-bond acceptors (Lipinski definition) is 5. The second kappa shape index (κ2) is 10.4. The summed E-state index contributed by atoms with van der Waals surface area (Å²) in [6.07, 6.45) is 0. The van der Waals surface area contributed by atoms with E-state index >= 15 is 0 Å². The van der Waals surface area contributed by atoms with Crippen LogP contribution in [0.4, 0.5) is 5.69 Å². The molecule has 156 valence electrons. The molecular formula is C22H28N2O5. The summed E-state index contributed by atoms with van der Waals surface area (Å²) in [6, 6.07) is 12.0. The molecule has 0 atom stereocenters. The van der Waals surface area contributed by atoms with Gasteiger partial charge in [-0.2, -0.15) is 0 Å². The minimum Gasteiger partial charge on any atom is -0.497 e. The van der Waals surface area contributed by atoms with Gasteiger partial charge in [-0.25, -0.2) is 0 Å². The Morgan fingerprint density at radius 3 is 2.28 bits per heavy atom. The maximum Gasteiger partial charge on any atom is 0.254 e. The van der Waals surface area contributed by atoms with Crippen molar-refractivity contribution in [1.82, 2.24) is 4.90 Å². The number of carbonyl (C=O) groups excluding carboxylic acids is 2. The minimum atomic E-state index is -0.296. The van der Waals surface area contributed by atoms with Crippen molar-refractivity contribution in [3.05, 3.63) is 48.0 Å². The third-order valence-corrected chi connectivity index (χ3v) is 4.08. The van der Waals surface area contributed by atoms with Crippen molar-refractivity contribution in [1.29, 1.82) is 0 Å². The molecule has 0 fully saturated rings. The first-order valence-electron chi connectivity index (χ1n) is 9.34. The molecule has 0 saturated heterocycles. The number of benzene rings is 2. The molecule has 7 heteroatoms. The zero-order valence-electron chi connectivity index (χ0n) is 17.5. The Morgan fingerprint density at radius 2 is 1.69 bits per heavy atom. The van der Waals surface area contributed by atoms with E-state index in [-0.39, 0.29) is 18.4 Å². The Hall–Kier alpha value is -3.22. The van der Waals surface area contributed by atoms with Gasteiger partial charge in [-0.05, 0) is 48.4 Å². The van der Waals surface area contributed by atoms with Gasteiger partial charge in [0, 0.05) is 18.3 Å². The van der Waals surface area contributed by atoms with Gasteiger partial charge in [0.2, 0.25) is 5.91 Å². The molecule has 0 aliphatic heterocycles. The molecule has 0 aromatic heterocycles. The van der Waals surface area contributed by atoms with Crippen molar-refractivity contribution in [3.63, 3.8) is 0 Å². The smallest absolute Gasteiger partial charge is 0.254 e. The number of carbonyl (C=O) groups is 2. The Balaban J connectivity index is 2.00. The normalized spacial score (nSPS) is 10.4. The number of likely N-dealkylation sites (N-methyl/N-ethyl adjacent to an activating group) is 1. The molecule has 2 rings (SSSR count). The Labute approximate surface area is 171 Å². The van der Waals surface area contributed by atoms with Crippen LogP contribution in [0.3, 0.4) is 0 Å². The third-order valence-electron chi connectivity index (χ3n) is 4.08. The first kappa shape index (κ1) is 22.1. The fraction of sp³-hybridized carbons (Fsp3) is 0.364. The number of ether oxygens (including phenoxy) is 3. The molecule has 29 heavy (non-hydrogen) atoms. The highest BCUT2D eigenvalue weighted by molar-refractivity contribution is 5.99. The molecule has 0 spiro atoms. The van der Waals surface area contributed by atoms with Crippen molar-refractivity contribution in [3.8, 4) is 17.2 Å². The predicted molar refractivity (Wildman–Crippen MR) is 112 cm³/mol. The summed E-state index contributed by atoms with van der Waals surface area (Å²) >= 11 is 0. The molecule has 1 N–H and O–H groups in total. The lowest BCUT2D eigenvalue weighted by Gasteiger charge is -2.18. The molecule has 0 heterocycles. The van der Waals surface area contributed by atoms with E-state index in [9.17, 15) is 9.59 Å². The molecule has 0 radical (unpaired) electrons. The number of methoxy groups -OCH3 is 2. The van der Waals surface area contributed by atoms with E-state index in [1.165, 1.54) is 12.0 Å².